The Hall–Kier alpha value is -0.950. The highest BCUT2D eigenvalue weighted by atomic mass is 127. The van der Waals surface area contributed by atoms with E-state index in [-0.39, 0.29) is 24.0 Å². The molecule has 0 bridgehead atoms. The Balaban J connectivity index is 0.00000420. The molecule has 0 unspecified atom stereocenters. The van der Waals surface area contributed by atoms with Crippen molar-refractivity contribution in [1.82, 2.24) is 20.3 Å². The maximum atomic E-state index is 11.5. The first kappa shape index (κ1) is 26.1. The van der Waals surface area contributed by atoms with Crippen molar-refractivity contribution in [2.24, 2.45) is 4.99 Å². The van der Waals surface area contributed by atoms with Gasteiger partial charge in [0.1, 0.15) is 0 Å². The highest BCUT2D eigenvalue weighted by molar-refractivity contribution is 14.0. The van der Waals surface area contributed by atoms with Gasteiger partial charge in [-0.2, -0.15) is 0 Å². The Morgan fingerprint density at radius 1 is 1.17 bits per heavy atom. The molecular formula is C19H34IN5O3S. The van der Waals surface area contributed by atoms with Crippen LogP contribution in [0, 0.1) is 0 Å². The third-order valence-corrected chi connectivity index (χ3v) is 5.37. The first-order valence-electron chi connectivity index (χ1n) is 9.49. The number of halogens is 1. The zero-order chi connectivity index (χ0) is 20.6. The molecule has 1 aromatic carbocycles. The van der Waals surface area contributed by atoms with Gasteiger partial charge in [0.15, 0.2) is 5.96 Å². The summed E-state index contributed by atoms with van der Waals surface area (Å²) in [7, 11) is -1.57. The Morgan fingerprint density at radius 3 is 2.38 bits per heavy atom. The minimum atomic E-state index is -3.28. The van der Waals surface area contributed by atoms with E-state index in [0.717, 1.165) is 39.1 Å². The van der Waals surface area contributed by atoms with E-state index >= 15 is 0 Å². The summed E-state index contributed by atoms with van der Waals surface area (Å²) in [5, 5.41) is 6.51. The van der Waals surface area contributed by atoms with Crippen LogP contribution in [0.5, 0.6) is 0 Å². The van der Waals surface area contributed by atoms with Crippen LogP contribution in [0.1, 0.15) is 25.0 Å². The lowest BCUT2D eigenvalue weighted by molar-refractivity contribution is 0.0341. The molecule has 1 aliphatic rings. The number of sulfonamides is 1. The van der Waals surface area contributed by atoms with E-state index in [1.165, 1.54) is 11.1 Å². The van der Waals surface area contributed by atoms with Crippen molar-refractivity contribution in [2.75, 3.05) is 46.2 Å². The number of benzene rings is 1. The molecule has 0 radical (unpaired) electrons. The number of nitrogens with one attached hydrogen (secondary N) is 3. The molecule has 1 aliphatic heterocycles. The standard InChI is InChI=1S/C19H33N5O3S.HI/c1-19(2,23-28(4,25)26)15-22-18(20-3)21-13-16-7-5-6-8-17(16)14-24-9-11-27-12-10-24;/h5-8,23H,9-15H2,1-4H3,(H2,20,21,22);1H. The molecule has 8 nitrogen and oxygen atoms in total. The van der Waals surface area contributed by atoms with Gasteiger partial charge >= 0.3 is 0 Å². The van der Waals surface area contributed by atoms with Gasteiger partial charge in [-0.1, -0.05) is 24.3 Å². The second-order valence-electron chi connectivity index (χ2n) is 7.69. The molecular weight excluding hydrogens is 505 g/mol. The van der Waals surface area contributed by atoms with Crippen molar-refractivity contribution >= 4 is 40.0 Å². The van der Waals surface area contributed by atoms with E-state index in [1.54, 1.807) is 7.05 Å². The van der Waals surface area contributed by atoms with Gasteiger partial charge in [0.05, 0.1) is 19.5 Å². The number of nitrogens with zero attached hydrogens (tertiary/aromatic N) is 2. The predicted octanol–water partition coefficient (Wildman–Crippen LogP) is 1.13. The van der Waals surface area contributed by atoms with Gasteiger partial charge in [0.2, 0.25) is 10.0 Å². The Labute approximate surface area is 191 Å². The first-order chi connectivity index (χ1) is 13.2. The van der Waals surface area contributed by atoms with Crippen molar-refractivity contribution in [3.8, 4) is 0 Å². The number of morpholine rings is 1. The molecule has 0 aliphatic carbocycles. The molecule has 0 amide bonds. The third-order valence-electron chi connectivity index (χ3n) is 4.45. The first-order valence-corrected chi connectivity index (χ1v) is 11.4. The Kier molecular flexibility index (Phi) is 10.8. The van der Waals surface area contributed by atoms with Crippen molar-refractivity contribution in [2.45, 2.75) is 32.5 Å². The molecule has 1 aromatic rings. The second-order valence-corrected chi connectivity index (χ2v) is 9.44. The normalized spacial score (nSPS) is 16.2. The fourth-order valence-electron chi connectivity index (χ4n) is 3.13. The molecule has 166 valence electrons. The van der Waals surface area contributed by atoms with Crippen molar-refractivity contribution in [3.63, 3.8) is 0 Å². The van der Waals surface area contributed by atoms with Crippen LogP contribution in [-0.4, -0.2) is 71.0 Å². The van der Waals surface area contributed by atoms with E-state index in [4.69, 9.17) is 4.74 Å². The quantitative estimate of drug-likeness (QED) is 0.261. The molecule has 29 heavy (non-hydrogen) atoms. The smallest absolute Gasteiger partial charge is 0.209 e. The van der Waals surface area contributed by atoms with Gasteiger partial charge in [-0.05, 0) is 25.0 Å². The molecule has 2 rings (SSSR count). The van der Waals surface area contributed by atoms with Crippen LogP contribution in [0.3, 0.4) is 0 Å². The van der Waals surface area contributed by atoms with Crippen molar-refractivity contribution in [1.29, 1.82) is 0 Å². The van der Waals surface area contributed by atoms with E-state index in [1.807, 2.05) is 19.9 Å². The van der Waals surface area contributed by atoms with Crippen LogP contribution in [0.2, 0.25) is 0 Å². The van der Waals surface area contributed by atoms with E-state index in [0.29, 0.717) is 19.0 Å². The third kappa shape index (κ3) is 10.1. The minimum Gasteiger partial charge on any atom is -0.379 e. The summed E-state index contributed by atoms with van der Waals surface area (Å²) in [4.78, 5) is 6.64. The molecule has 0 atom stereocenters. The van der Waals surface area contributed by atoms with Crippen LogP contribution < -0.4 is 15.4 Å². The molecule has 10 heteroatoms. The highest BCUT2D eigenvalue weighted by Crippen LogP contribution is 2.13. The summed E-state index contributed by atoms with van der Waals surface area (Å²) >= 11 is 0. The zero-order valence-corrected chi connectivity index (χ0v) is 20.8. The summed E-state index contributed by atoms with van der Waals surface area (Å²) in [5.74, 6) is 0.629. The number of hydrogen-bond donors (Lipinski definition) is 3. The Bertz CT molecular complexity index is 765. The largest absolute Gasteiger partial charge is 0.379 e. The average Bonchev–Trinajstić information content (AvgIpc) is 2.62. The highest BCUT2D eigenvalue weighted by Gasteiger charge is 2.22. The molecule has 0 spiro atoms. The van der Waals surface area contributed by atoms with Gasteiger partial charge in [-0.15, -0.1) is 24.0 Å². The summed E-state index contributed by atoms with van der Waals surface area (Å²) in [6.45, 7) is 9.08. The zero-order valence-electron chi connectivity index (χ0n) is 17.7. The van der Waals surface area contributed by atoms with Crippen LogP contribution in [0.25, 0.3) is 0 Å². The lowest BCUT2D eigenvalue weighted by Crippen LogP contribution is -2.52. The SMILES string of the molecule is CN=C(NCc1ccccc1CN1CCOCC1)NCC(C)(C)NS(C)(=O)=O.I. The number of guanidine groups is 1. The maximum absolute atomic E-state index is 11.5. The Morgan fingerprint density at radius 2 is 1.79 bits per heavy atom. The second kappa shape index (κ2) is 12.0. The number of ether oxygens (including phenoxy) is 1. The molecule has 1 saturated heterocycles. The van der Waals surface area contributed by atoms with E-state index < -0.39 is 15.6 Å². The topological polar surface area (TPSA) is 95.1 Å². The fraction of sp³-hybridized carbons (Fsp3) is 0.632. The van der Waals surface area contributed by atoms with E-state index in [9.17, 15) is 8.42 Å². The van der Waals surface area contributed by atoms with Gasteiger partial charge in [0, 0.05) is 45.3 Å². The molecule has 1 heterocycles. The molecule has 1 fully saturated rings. The van der Waals surface area contributed by atoms with Gasteiger partial charge in [-0.25, -0.2) is 13.1 Å². The average molecular weight is 539 g/mol. The summed E-state index contributed by atoms with van der Waals surface area (Å²) in [5.41, 5.74) is 1.87. The number of hydrogen-bond acceptors (Lipinski definition) is 5. The fourth-order valence-corrected chi connectivity index (χ4v) is 4.20. The van der Waals surface area contributed by atoms with Crippen LogP contribution in [0.4, 0.5) is 0 Å². The minimum absolute atomic E-state index is 0. The molecule has 0 aromatic heterocycles. The molecule has 0 saturated carbocycles. The van der Waals surface area contributed by atoms with E-state index in [2.05, 4.69) is 43.4 Å². The summed E-state index contributed by atoms with van der Waals surface area (Å²) in [6, 6.07) is 8.37. The lowest BCUT2D eigenvalue weighted by atomic mass is 10.1. The predicted molar refractivity (Wildman–Crippen MR) is 128 cm³/mol. The van der Waals surface area contributed by atoms with Gasteiger partial charge in [0.25, 0.3) is 0 Å². The molecule has 3 N–H and O–H groups in total. The summed E-state index contributed by atoms with van der Waals surface area (Å²) < 4.78 is 31.0. The van der Waals surface area contributed by atoms with Crippen LogP contribution >= 0.6 is 24.0 Å². The monoisotopic (exact) mass is 539 g/mol. The summed E-state index contributed by atoms with van der Waals surface area (Å²) in [6.07, 6.45) is 1.16. The number of rotatable bonds is 8. The van der Waals surface area contributed by atoms with Gasteiger partial charge in [-0.3, -0.25) is 9.89 Å². The van der Waals surface area contributed by atoms with Crippen molar-refractivity contribution in [3.05, 3.63) is 35.4 Å². The van der Waals surface area contributed by atoms with Crippen molar-refractivity contribution < 1.29 is 13.2 Å². The van der Waals surface area contributed by atoms with Crippen LogP contribution in [0.15, 0.2) is 29.3 Å². The van der Waals surface area contributed by atoms with Gasteiger partial charge < -0.3 is 15.4 Å². The maximum Gasteiger partial charge on any atom is 0.209 e. The number of aliphatic imine (C=N–C) groups is 1. The lowest BCUT2D eigenvalue weighted by Gasteiger charge is -2.28. The van der Waals surface area contributed by atoms with Crippen LogP contribution in [-0.2, 0) is 27.8 Å².